The lowest BCUT2D eigenvalue weighted by Gasteiger charge is -1.99. The van der Waals surface area contributed by atoms with Crippen LogP contribution in [0.1, 0.15) is 0 Å². The summed E-state index contributed by atoms with van der Waals surface area (Å²) >= 11 is 14.7. The van der Waals surface area contributed by atoms with E-state index < -0.39 is 0 Å². The molecule has 0 aliphatic heterocycles. The molecule has 2 aromatic rings. The minimum Gasteiger partial charge on any atom is -0.389 e. The number of nitrogens with two attached hydrogens (primary N) is 1. The number of aromatic nitrogens is 1. The fourth-order valence-electron chi connectivity index (χ4n) is 0.958. The Morgan fingerprint density at radius 2 is 2.07 bits per heavy atom. The van der Waals surface area contributed by atoms with Gasteiger partial charge in [0.15, 0.2) is 4.34 Å². The molecule has 78 valence electrons. The molecule has 0 saturated heterocycles. The summed E-state index contributed by atoms with van der Waals surface area (Å²) in [5.74, 6) is 0. The zero-order valence-corrected chi connectivity index (χ0v) is 10.6. The van der Waals surface area contributed by atoms with Gasteiger partial charge in [-0.05, 0) is 18.2 Å². The highest BCUT2D eigenvalue weighted by Gasteiger charge is 2.04. The standard InChI is InChI=1S/C9H6Cl2N2S2/c10-6-2-1-5(3-7(6)11)14-9-13-4-8(12)15-9/h1-4H,12H2. The minimum absolute atomic E-state index is 0.547. The quantitative estimate of drug-likeness (QED) is 0.894. The number of nitrogen functional groups attached to an aromatic ring is 1. The molecule has 0 fully saturated rings. The van der Waals surface area contributed by atoms with Crippen molar-refractivity contribution in [1.29, 1.82) is 0 Å². The molecule has 0 aliphatic carbocycles. The minimum atomic E-state index is 0.547. The molecule has 0 aliphatic rings. The van der Waals surface area contributed by atoms with E-state index in [2.05, 4.69) is 4.98 Å². The SMILES string of the molecule is Nc1cnc(Sc2ccc(Cl)c(Cl)c2)s1. The Hall–Kier alpha value is -0.420. The number of hydrogen-bond acceptors (Lipinski definition) is 4. The number of thiazole rings is 1. The summed E-state index contributed by atoms with van der Waals surface area (Å²) < 4.78 is 0.894. The summed E-state index contributed by atoms with van der Waals surface area (Å²) in [6.45, 7) is 0. The lowest BCUT2D eigenvalue weighted by atomic mass is 10.4. The van der Waals surface area contributed by atoms with Crippen LogP contribution in [-0.2, 0) is 0 Å². The maximum absolute atomic E-state index is 5.90. The van der Waals surface area contributed by atoms with Crippen LogP contribution in [0, 0.1) is 0 Å². The van der Waals surface area contributed by atoms with Crippen LogP contribution >= 0.6 is 46.3 Å². The molecule has 1 aromatic heterocycles. The zero-order chi connectivity index (χ0) is 10.8. The molecule has 1 heterocycles. The van der Waals surface area contributed by atoms with Crippen LogP contribution in [0.2, 0.25) is 10.0 Å². The third-order valence-electron chi connectivity index (χ3n) is 1.60. The van der Waals surface area contributed by atoms with Crippen molar-refractivity contribution in [2.45, 2.75) is 9.24 Å². The Labute approximate surface area is 105 Å². The van der Waals surface area contributed by atoms with Gasteiger partial charge in [0, 0.05) is 4.90 Å². The van der Waals surface area contributed by atoms with Crippen molar-refractivity contribution in [3.8, 4) is 0 Å². The van der Waals surface area contributed by atoms with Crippen LogP contribution < -0.4 is 5.73 Å². The first kappa shape index (κ1) is 11.1. The second-order valence-corrected chi connectivity index (χ2v) is 5.90. The molecule has 0 unspecified atom stereocenters. The largest absolute Gasteiger partial charge is 0.389 e. The molecule has 0 radical (unpaired) electrons. The van der Waals surface area contributed by atoms with Gasteiger partial charge in [-0.15, -0.1) is 0 Å². The number of anilines is 1. The van der Waals surface area contributed by atoms with Crippen LogP contribution in [0.3, 0.4) is 0 Å². The van der Waals surface area contributed by atoms with E-state index in [-0.39, 0.29) is 0 Å². The Kier molecular flexibility index (Phi) is 3.41. The van der Waals surface area contributed by atoms with Crippen molar-refractivity contribution < 1.29 is 0 Å². The first-order chi connectivity index (χ1) is 7.15. The third-order valence-corrected chi connectivity index (χ3v) is 4.23. The first-order valence-electron chi connectivity index (χ1n) is 3.99. The highest BCUT2D eigenvalue weighted by atomic mass is 35.5. The Balaban J connectivity index is 2.21. The van der Waals surface area contributed by atoms with Crippen molar-refractivity contribution in [3.05, 3.63) is 34.4 Å². The zero-order valence-electron chi connectivity index (χ0n) is 7.41. The second kappa shape index (κ2) is 4.61. The molecular formula is C9H6Cl2N2S2. The van der Waals surface area contributed by atoms with E-state index in [9.17, 15) is 0 Å². The van der Waals surface area contributed by atoms with Gasteiger partial charge in [-0.3, -0.25) is 0 Å². The predicted octanol–water partition coefficient (Wildman–Crippen LogP) is 4.18. The summed E-state index contributed by atoms with van der Waals surface area (Å²) in [5.41, 5.74) is 5.58. The van der Waals surface area contributed by atoms with Gasteiger partial charge >= 0.3 is 0 Å². The third kappa shape index (κ3) is 2.78. The number of nitrogens with zero attached hydrogens (tertiary/aromatic N) is 1. The second-order valence-electron chi connectivity index (χ2n) is 2.71. The maximum Gasteiger partial charge on any atom is 0.156 e. The van der Waals surface area contributed by atoms with Gasteiger partial charge in [-0.2, -0.15) is 0 Å². The van der Waals surface area contributed by atoms with Gasteiger partial charge in [0.05, 0.1) is 16.2 Å². The van der Waals surface area contributed by atoms with Crippen molar-refractivity contribution >= 4 is 51.3 Å². The average Bonchev–Trinajstić information content (AvgIpc) is 2.58. The number of halogens is 2. The first-order valence-corrected chi connectivity index (χ1v) is 6.38. The summed E-state index contributed by atoms with van der Waals surface area (Å²) in [6, 6.07) is 5.48. The monoisotopic (exact) mass is 276 g/mol. The van der Waals surface area contributed by atoms with Gasteiger partial charge in [0.2, 0.25) is 0 Å². The number of hydrogen-bond donors (Lipinski definition) is 1. The lowest BCUT2D eigenvalue weighted by Crippen LogP contribution is -1.73. The summed E-state index contributed by atoms with van der Waals surface area (Å²) in [5, 5.41) is 1.81. The molecule has 2 N–H and O–H groups in total. The Bertz CT molecular complexity index is 485. The highest BCUT2D eigenvalue weighted by Crippen LogP contribution is 2.34. The smallest absolute Gasteiger partial charge is 0.156 e. The predicted molar refractivity (Wildman–Crippen MR) is 67.1 cm³/mol. The number of rotatable bonds is 2. The molecule has 0 spiro atoms. The molecule has 0 atom stereocenters. The van der Waals surface area contributed by atoms with Crippen LogP contribution in [0.5, 0.6) is 0 Å². The topological polar surface area (TPSA) is 38.9 Å². The van der Waals surface area contributed by atoms with E-state index in [1.165, 1.54) is 23.1 Å². The molecule has 0 bridgehead atoms. The van der Waals surface area contributed by atoms with E-state index in [0.717, 1.165) is 9.24 Å². The summed E-state index contributed by atoms with van der Waals surface area (Å²) in [7, 11) is 0. The van der Waals surface area contributed by atoms with Crippen molar-refractivity contribution in [2.75, 3.05) is 5.73 Å². The summed E-state index contributed by atoms with van der Waals surface area (Å²) in [4.78, 5) is 5.14. The van der Waals surface area contributed by atoms with E-state index in [1.807, 2.05) is 12.1 Å². The molecule has 1 aromatic carbocycles. The lowest BCUT2D eigenvalue weighted by molar-refractivity contribution is 1.25. The van der Waals surface area contributed by atoms with Crippen LogP contribution in [-0.4, -0.2) is 4.98 Å². The average molecular weight is 277 g/mol. The Morgan fingerprint density at radius 1 is 1.27 bits per heavy atom. The van der Waals surface area contributed by atoms with Gasteiger partial charge < -0.3 is 5.73 Å². The normalized spacial score (nSPS) is 10.5. The maximum atomic E-state index is 5.90. The van der Waals surface area contributed by atoms with Gasteiger partial charge in [0.1, 0.15) is 5.00 Å². The highest BCUT2D eigenvalue weighted by molar-refractivity contribution is 8.01. The van der Waals surface area contributed by atoms with Crippen LogP contribution in [0.25, 0.3) is 0 Å². The summed E-state index contributed by atoms with van der Waals surface area (Å²) in [6.07, 6.45) is 1.64. The van der Waals surface area contributed by atoms with E-state index in [0.29, 0.717) is 15.0 Å². The molecular weight excluding hydrogens is 271 g/mol. The van der Waals surface area contributed by atoms with Gasteiger partial charge in [-0.1, -0.05) is 46.3 Å². The molecule has 0 amide bonds. The van der Waals surface area contributed by atoms with Crippen molar-refractivity contribution in [3.63, 3.8) is 0 Å². The molecule has 15 heavy (non-hydrogen) atoms. The molecule has 2 nitrogen and oxygen atoms in total. The van der Waals surface area contributed by atoms with Gasteiger partial charge in [0.25, 0.3) is 0 Å². The Morgan fingerprint density at radius 3 is 2.67 bits per heavy atom. The molecule has 6 heteroatoms. The van der Waals surface area contributed by atoms with E-state index in [4.69, 9.17) is 28.9 Å². The molecule has 0 saturated carbocycles. The van der Waals surface area contributed by atoms with Crippen LogP contribution in [0.4, 0.5) is 5.00 Å². The van der Waals surface area contributed by atoms with E-state index in [1.54, 1.807) is 12.3 Å². The van der Waals surface area contributed by atoms with Crippen molar-refractivity contribution in [1.82, 2.24) is 4.98 Å². The van der Waals surface area contributed by atoms with Gasteiger partial charge in [-0.25, -0.2) is 4.98 Å². The van der Waals surface area contributed by atoms with Crippen LogP contribution in [0.15, 0.2) is 33.6 Å². The molecule has 2 rings (SSSR count). The fourth-order valence-corrected chi connectivity index (χ4v) is 3.10. The fraction of sp³-hybridized carbons (Fsp3) is 0. The van der Waals surface area contributed by atoms with Crippen molar-refractivity contribution in [2.24, 2.45) is 0 Å². The van der Waals surface area contributed by atoms with E-state index >= 15 is 0 Å². The number of benzene rings is 1.